The molecule has 1 heterocycles. The van der Waals surface area contributed by atoms with Gasteiger partial charge >= 0.3 is 0 Å². The second-order valence-electron chi connectivity index (χ2n) is 7.81. The predicted molar refractivity (Wildman–Crippen MR) is 123 cm³/mol. The van der Waals surface area contributed by atoms with Gasteiger partial charge in [-0.1, -0.05) is 6.07 Å². The molecule has 1 atom stereocenters. The van der Waals surface area contributed by atoms with Crippen molar-refractivity contribution in [2.45, 2.75) is 39.2 Å². The highest BCUT2D eigenvalue weighted by atomic mass is 16.5. The van der Waals surface area contributed by atoms with Crippen LogP contribution in [0, 0.1) is 6.92 Å². The van der Waals surface area contributed by atoms with Crippen LogP contribution >= 0.6 is 0 Å². The predicted octanol–water partition coefficient (Wildman–Crippen LogP) is 4.68. The summed E-state index contributed by atoms with van der Waals surface area (Å²) < 4.78 is 10.5. The van der Waals surface area contributed by atoms with Crippen molar-refractivity contribution in [3.8, 4) is 11.5 Å². The topological polar surface area (TPSA) is 67.9 Å². The summed E-state index contributed by atoms with van der Waals surface area (Å²) in [5.74, 6) is 1.04. The average molecular weight is 423 g/mol. The molecule has 1 aliphatic heterocycles. The molecule has 0 spiro atoms. The standard InChI is InChI=1S/C25H30N2O4/c1-17-15-20(25(29)27-14-6-5-7-18(27)2)10-11-21(17)26-24(28)13-9-19-8-12-22(30-3)23(16-19)31-4/h8-13,15-16,18H,5-7,14H2,1-4H3,(H,26,28)/b13-9+. The molecule has 0 saturated carbocycles. The highest BCUT2D eigenvalue weighted by Crippen LogP contribution is 2.28. The fraction of sp³-hybridized carbons (Fsp3) is 0.360. The van der Waals surface area contributed by atoms with Gasteiger partial charge in [0.2, 0.25) is 5.91 Å². The summed E-state index contributed by atoms with van der Waals surface area (Å²) in [5, 5.41) is 2.88. The minimum Gasteiger partial charge on any atom is -0.493 e. The van der Waals surface area contributed by atoms with Crippen molar-refractivity contribution in [2.75, 3.05) is 26.1 Å². The number of carbonyl (C=O) groups is 2. The number of hydrogen-bond acceptors (Lipinski definition) is 4. The van der Waals surface area contributed by atoms with E-state index in [9.17, 15) is 9.59 Å². The maximum absolute atomic E-state index is 12.9. The van der Waals surface area contributed by atoms with Crippen molar-refractivity contribution >= 4 is 23.6 Å². The third kappa shape index (κ3) is 5.45. The van der Waals surface area contributed by atoms with Crippen LogP contribution in [0.5, 0.6) is 11.5 Å². The second-order valence-corrected chi connectivity index (χ2v) is 7.81. The maximum atomic E-state index is 12.9. The van der Waals surface area contributed by atoms with Crippen LogP contribution < -0.4 is 14.8 Å². The van der Waals surface area contributed by atoms with Gasteiger partial charge in [0, 0.05) is 29.9 Å². The van der Waals surface area contributed by atoms with E-state index in [0.717, 1.165) is 30.5 Å². The number of piperidine rings is 1. The molecule has 1 fully saturated rings. The third-order valence-electron chi connectivity index (χ3n) is 5.63. The zero-order valence-electron chi connectivity index (χ0n) is 18.6. The summed E-state index contributed by atoms with van der Waals surface area (Å²) in [7, 11) is 3.15. The highest BCUT2D eigenvalue weighted by molar-refractivity contribution is 6.03. The first-order chi connectivity index (χ1) is 14.9. The molecule has 6 nitrogen and oxygen atoms in total. The van der Waals surface area contributed by atoms with E-state index in [1.165, 1.54) is 12.5 Å². The Hall–Kier alpha value is -3.28. The second kappa shape index (κ2) is 10.2. The molecule has 31 heavy (non-hydrogen) atoms. The number of rotatable bonds is 6. The largest absolute Gasteiger partial charge is 0.493 e. The van der Waals surface area contributed by atoms with Gasteiger partial charge in [0.1, 0.15) is 0 Å². The van der Waals surface area contributed by atoms with Crippen molar-refractivity contribution in [3.63, 3.8) is 0 Å². The molecule has 1 aliphatic rings. The molecule has 6 heteroatoms. The molecule has 3 rings (SSSR count). The van der Waals surface area contributed by atoms with E-state index in [2.05, 4.69) is 12.2 Å². The average Bonchev–Trinajstić information content (AvgIpc) is 2.78. The summed E-state index contributed by atoms with van der Waals surface area (Å²) >= 11 is 0. The summed E-state index contributed by atoms with van der Waals surface area (Å²) in [4.78, 5) is 27.2. The van der Waals surface area contributed by atoms with Crippen LogP contribution in [0.3, 0.4) is 0 Å². The molecule has 2 aromatic carbocycles. The van der Waals surface area contributed by atoms with E-state index < -0.39 is 0 Å². The maximum Gasteiger partial charge on any atom is 0.254 e. The smallest absolute Gasteiger partial charge is 0.254 e. The molecule has 0 bridgehead atoms. The van der Waals surface area contributed by atoms with E-state index in [4.69, 9.17) is 9.47 Å². The van der Waals surface area contributed by atoms with E-state index in [1.807, 2.05) is 24.0 Å². The number of aryl methyl sites for hydroxylation is 1. The molecule has 2 aromatic rings. The summed E-state index contributed by atoms with van der Waals surface area (Å²) in [5.41, 5.74) is 3.01. The molecular weight excluding hydrogens is 392 g/mol. The van der Waals surface area contributed by atoms with Gasteiger partial charge in [0.15, 0.2) is 11.5 Å². The number of carbonyl (C=O) groups excluding carboxylic acids is 2. The quantitative estimate of drug-likeness (QED) is 0.687. The van der Waals surface area contributed by atoms with E-state index in [1.54, 1.807) is 44.6 Å². The van der Waals surface area contributed by atoms with Crippen molar-refractivity contribution < 1.29 is 19.1 Å². The van der Waals surface area contributed by atoms with Crippen molar-refractivity contribution in [2.24, 2.45) is 0 Å². The Morgan fingerprint density at radius 2 is 1.84 bits per heavy atom. The van der Waals surface area contributed by atoms with Crippen molar-refractivity contribution in [1.82, 2.24) is 4.90 Å². The first-order valence-electron chi connectivity index (χ1n) is 10.6. The van der Waals surface area contributed by atoms with Gasteiger partial charge in [-0.15, -0.1) is 0 Å². The number of nitrogens with one attached hydrogen (secondary N) is 1. The van der Waals surface area contributed by atoms with Gasteiger partial charge < -0.3 is 19.7 Å². The van der Waals surface area contributed by atoms with Crippen LogP contribution in [0.2, 0.25) is 0 Å². The molecule has 1 unspecified atom stereocenters. The lowest BCUT2D eigenvalue weighted by molar-refractivity contribution is -0.111. The van der Waals surface area contributed by atoms with Gasteiger partial charge in [-0.3, -0.25) is 9.59 Å². The molecule has 1 N–H and O–H groups in total. The fourth-order valence-electron chi connectivity index (χ4n) is 3.81. The van der Waals surface area contributed by atoms with E-state index in [0.29, 0.717) is 22.7 Å². The van der Waals surface area contributed by atoms with Crippen molar-refractivity contribution in [3.05, 3.63) is 59.2 Å². The Bertz CT molecular complexity index is 983. The van der Waals surface area contributed by atoms with Gasteiger partial charge in [-0.05, 0) is 80.6 Å². The van der Waals surface area contributed by atoms with Gasteiger partial charge in [-0.2, -0.15) is 0 Å². The molecule has 1 saturated heterocycles. The lowest BCUT2D eigenvalue weighted by Gasteiger charge is -2.33. The van der Waals surface area contributed by atoms with Gasteiger partial charge in [0.25, 0.3) is 5.91 Å². The Morgan fingerprint density at radius 3 is 2.52 bits per heavy atom. The number of likely N-dealkylation sites (tertiary alicyclic amines) is 1. The minimum atomic E-state index is -0.249. The number of anilines is 1. The SMILES string of the molecule is COc1ccc(/C=C/C(=O)Nc2ccc(C(=O)N3CCCCC3C)cc2C)cc1OC. The lowest BCUT2D eigenvalue weighted by atomic mass is 10.0. The summed E-state index contributed by atoms with van der Waals surface area (Å²) in [6.07, 6.45) is 6.45. The summed E-state index contributed by atoms with van der Waals surface area (Å²) in [6.45, 7) is 4.80. The number of hydrogen-bond donors (Lipinski definition) is 1. The number of amides is 2. The first kappa shape index (κ1) is 22.4. The zero-order valence-corrected chi connectivity index (χ0v) is 18.6. The minimum absolute atomic E-state index is 0.0570. The normalized spacial score (nSPS) is 16.3. The fourth-order valence-corrected chi connectivity index (χ4v) is 3.81. The number of ether oxygens (including phenoxy) is 2. The van der Waals surface area contributed by atoms with Gasteiger partial charge in [-0.25, -0.2) is 0 Å². The first-order valence-corrected chi connectivity index (χ1v) is 10.6. The molecule has 0 radical (unpaired) electrons. The summed E-state index contributed by atoms with van der Waals surface area (Å²) in [6, 6.07) is 11.1. The Morgan fingerprint density at radius 1 is 1.06 bits per heavy atom. The Labute approximate surface area is 183 Å². The Balaban J connectivity index is 1.66. The van der Waals surface area contributed by atoms with Crippen LogP contribution in [0.4, 0.5) is 5.69 Å². The molecule has 164 valence electrons. The number of methoxy groups -OCH3 is 2. The monoisotopic (exact) mass is 422 g/mol. The van der Waals surface area contributed by atoms with Crippen LogP contribution in [0.1, 0.15) is 47.7 Å². The molecule has 0 aromatic heterocycles. The number of nitrogens with zero attached hydrogens (tertiary/aromatic N) is 1. The molecular formula is C25H30N2O4. The lowest BCUT2D eigenvalue weighted by Crippen LogP contribution is -2.42. The third-order valence-corrected chi connectivity index (χ3v) is 5.63. The van der Waals surface area contributed by atoms with Crippen LogP contribution in [-0.2, 0) is 4.79 Å². The van der Waals surface area contributed by atoms with Crippen LogP contribution in [0.15, 0.2) is 42.5 Å². The number of benzene rings is 2. The Kier molecular flexibility index (Phi) is 7.34. The molecule has 0 aliphatic carbocycles. The van der Waals surface area contributed by atoms with E-state index >= 15 is 0 Å². The van der Waals surface area contributed by atoms with Crippen LogP contribution in [-0.4, -0.2) is 43.5 Å². The van der Waals surface area contributed by atoms with Crippen LogP contribution in [0.25, 0.3) is 6.08 Å². The zero-order chi connectivity index (χ0) is 22.4. The van der Waals surface area contributed by atoms with E-state index in [-0.39, 0.29) is 17.9 Å². The highest BCUT2D eigenvalue weighted by Gasteiger charge is 2.24. The van der Waals surface area contributed by atoms with Gasteiger partial charge in [0.05, 0.1) is 14.2 Å². The van der Waals surface area contributed by atoms with Crippen molar-refractivity contribution in [1.29, 1.82) is 0 Å². The molecule has 2 amide bonds.